The van der Waals surface area contributed by atoms with Crippen LogP contribution in [0.2, 0.25) is 0 Å². The Bertz CT molecular complexity index is 740. The predicted octanol–water partition coefficient (Wildman–Crippen LogP) is 4.67. The van der Waals surface area contributed by atoms with Gasteiger partial charge in [0.25, 0.3) is 0 Å². The lowest BCUT2D eigenvalue weighted by Crippen LogP contribution is -2.19. The number of anilines is 1. The number of pyridine rings is 1. The maximum absolute atomic E-state index is 11.1. The van der Waals surface area contributed by atoms with Crippen LogP contribution in [0.1, 0.15) is 34.3 Å². The highest BCUT2D eigenvalue weighted by molar-refractivity contribution is 9.10. The molecular formula is C18H19BrN2O2. The Hall–Kier alpha value is -1.88. The Morgan fingerprint density at radius 3 is 2.61 bits per heavy atom. The Balaban J connectivity index is 1.93. The van der Waals surface area contributed by atoms with Crippen molar-refractivity contribution in [3.63, 3.8) is 0 Å². The van der Waals surface area contributed by atoms with Gasteiger partial charge in [-0.1, -0.05) is 22.0 Å². The molecule has 1 fully saturated rings. The summed E-state index contributed by atoms with van der Waals surface area (Å²) in [5.74, 6) is 2.20. The standard InChI is InChI=1S/C18H19BrN2O2/c1-12-5-6-17(21-7-3-4-8-21)20-18(12)23-16-10-14(11-22)15(19)9-13(16)2/h5-6,9-11H,3-4,7-8H2,1-2H3. The van der Waals surface area contributed by atoms with E-state index < -0.39 is 0 Å². The summed E-state index contributed by atoms with van der Waals surface area (Å²) in [6, 6.07) is 7.71. The van der Waals surface area contributed by atoms with Crippen molar-refractivity contribution in [3.05, 3.63) is 45.4 Å². The predicted molar refractivity (Wildman–Crippen MR) is 94.8 cm³/mol. The van der Waals surface area contributed by atoms with Crippen molar-refractivity contribution in [3.8, 4) is 11.6 Å². The van der Waals surface area contributed by atoms with Gasteiger partial charge in [0, 0.05) is 28.7 Å². The van der Waals surface area contributed by atoms with Gasteiger partial charge in [-0.3, -0.25) is 4.79 Å². The maximum Gasteiger partial charge on any atom is 0.224 e. The molecule has 23 heavy (non-hydrogen) atoms. The summed E-state index contributed by atoms with van der Waals surface area (Å²) in [5, 5.41) is 0. The van der Waals surface area contributed by atoms with Crippen molar-refractivity contribution in [2.24, 2.45) is 0 Å². The lowest BCUT2D eigenvalue weighted by molar-refractivity contribution is 0.112. The van der Waals surface area contributed by atoms with Gasteiger partial charge in [-0.15, -0.1) is 0 Å². The van der Waals surface area contributed by atoms with Gasteiger partial charge < -0.3 is 9.64 Å². The number of aldehydes is 1. The third-order valence-electron chi connectivity index (χ3n) is 4.09. The van der Waals surface area contributed by atoms with Gasteiger partial charge >= 0.3 is 0 Å². The molecule has 5 heteroatoms. The van der Waals surface area contributed by atoms with Gasteiger partial charge in [0.05, 0.1) is 0 Å². The third-order valence-corrected chi connectivity index (χ3v) is 4.78. The Labute approximate surface area is 144 Å². The monoisotopic (exact) mass is 374 g/mol. The number of halogens is 1. The Kier molecular flexibility index (Phi) is 4.66. The number of hydrogen-bond donors (Lipinski definition) is 0. The number of carbonyl (C=O) groups excluding carboxylic acids is 1. The molecule has 0 bridgehead atoms. The first-order valence-corrected chi connectivity index (χ1v) is 8.53. The Morgan fingerprint density at radius 1 is 1.17 bits per heavy atom. The molecule has 0 saturated carbocycles. The fourth-order valence-corrected chi connectivity index (χ4v) is 3.25. The molecule has 1 aromatic carbocycles. The summed E-state index contributed by atoms with van der Waals surface area (Å²) in [6.07, 6.45) is 3.23. The molecule has 0 N–H and O–H groups in total. The Morgan fingerprint density at radius 2 is 1.91 bits per heavy atom. The van der Waals surface area contributed by atoms with E-state index in [4.69, 9.17) is 4.74 Å². The van der Waals surface area contributed by atoms with Crippen molar-refractivity contribution in [1.82, 2.24) is 4.98 Å². The molecule has 0 radical (unpaired) electrons. The molecule has 0 atom stereocenters. The summed E-state index contributed by atoms with van der Waals surface area (Å²) in [5.41, 5.74) is 2.50. The zero-order valence-electron chi connectivity index (χ0n) is 13.3. The lowest BCUT2D eigenvalue weighted by Gasteiger charge is -2.18. The average molecular weight is 375 g/mol. The molecule has 4 nitrogen and oxygen atoms in total. The molecule has 1 aliphatic heterocycles. The van der Waals surface area contributed by atoms with Crippen LogP contribution in [0.15, 0.2) is 28.7 Å². The van der Waals surface area contributed by atoms with E-state index in [0.717, 1.165) is 40.8 Å². The molecular weight excluding hydrogens is 356 g/mol. The van der Waals surface area contributed by atoms with Crippen LogP contribution < -0.4 is 9.64 Å². The molecule has 1 aromatic heterocycles. The van der Waals surface area contributed by atoms with Crippen LogP contribution in [0.5, 0.6) is 11.6 Å². The third kappa shape index (κ3) is 3.39. The molecule has 3 rings (SSSR count). The van der Waals surface area contributed by atoms with E-state index in [0.29, 0.717) is 17.2 Å². The minimum atomic E-state index is 0.568. The van der Waals surface area contributed by atoms with E-state index >= 15 is 0 Å². The van der Waals surface area contributed by atoms with E-state index in [1.807, 2.05) is 32.0 Å². The summed E-state index contributed by atoms with van der Waals surface area (Å²) in [6.45, 7) is 6.02. The van der Waals surface area contributed by atoms with Crippen LogP contribution in [0.3, 0.4) is 0 Å². The number of carbonyl (C=O) groups is 1. The minimum Gasteiger partial charge on any atom is -0.438 e. The minimum absolute atomic E-state index is 0.568. The summed E-state index contributed by atoms with van der Waals surface area (Å²) >= 11 is 3.39. The fourth-order valence-electron chi connectivity index (χ4n) is 2.70. The first-order chi connectivity index (χ1) is 11.1. The first kappa shape index (κ1) is 16.0. The molecule has 2 heterocycles. The molecule has 2 aromatic rings. The second-order valence-corrected chi connectivity index (χ2v) is 6.70. The SMILES string of the molecule is Cc1cc(Br)c(C=O)cc1Oc1nc(N2CCCC2)ccc1C. The van der Waals surface area contributed by atoms with E-state index in [1.165, 1.54) is 12.8 Å². The number of aromatic nitrogens is 1. The van der Waals surface area contributed by atoms with E-state index in [1.54, 1.807) is 6.07 Å². The largest absolute Gasteiger partial charge is 0.438 e. The van der Waals surface area contributed by atoms with Crippen LogP contribution >= 0.6 is 15.9 Å². The van der Waals surface area contributed by atoms with E-state index in [-0.39, 0.29) is 0 Å². The summed E-state index contributed by atoms with van der Waals surface area (Å²) in [7, 11) is 0. The fraction of sp³-hybridized carbons (Fsp3) is 0.333. The van der Waals surface area contributed by atoms with Crippen molar-refractivity contribution in [2.75, 3.05) is 18.0 Å². The smallest absolute Gasteiger partial charge is 0.224 e. The maximum atomic E-state index is 11.1. The van der Waals surface area contributed by atoms with Crippen molar-refractivity contribution >= 4 is 28.0 Å². The molecule has 1 saturated heterocycles. The summed E-state index contributed by atoms with van der Waals surface area (Å²) < 4.78 is 6.79. The topological polar surface area (TPSA) is 42.4 Å². The van der Waals surface area contributed by atoms with Gasteiger partial charge in [0.15, 0.2) is 6.29 Å². The van der Waals surface area contributed by atoms with Gasteiger partial charge in [0.1, 0.15) is 11.6 Å². The lowest BCUT2D eigenvalue weighted by atomic mass is 10.1. The molecule has 1 aliphatic rings. The number of benzene rings is 1. The molecule has 0 aliphatic carbocycles. The van der Waals surface area contributed by atoms with Gasteiger partial charge in [0.2, 0.25) is 5.88 Å². The van der Waals surface area contributed by atoms with Crippen molar-refractivity contribution < 1.29 is 9.53 Å². The second kappa shape index (κ2) is 6.71. The molecule has 120 valence electrons. The van der Waals surface area contributed by atoms with Crippen molar-refractivity contribution in [2.45, 2.75) is 26.7 Å². The molecule has 0 spiro atoms. The van der Waals surface area contributed by atoms with E-state index in [9.17, 15) is 4.79 Å². The highest BCUT2D eigenvalue weighted by Gasteiger charge is 2.16. The van der Waals surface area contributed by atoms with Gasteiger partial charge in [-0.05, 0) is 50.5 Å². The van der Waals surface area contributed by atoms with Crippen LogP contribution in [0.25, 0.3) is 0 Å². The van der Waals surface area contributed by atoms with Crippen LogP contribution in [-0.2, 0) is 0 Å². The van der Waals surface area contributed by atoms with E-state index in [2.05, 4.69) is 25.8 Å². The zero-order chi connectivity index (χ0) is 16.4. The van der Waals surface area contributed by atoms with Crippen LogP contribution in [-0.4, -0.2) is 24.4 Å². The molecule has 0 amide bonds. The van der Waals surface area contributed by atoms with Gasteiger partial charge in [-0.25, -0.2) is 0 Å². The van der Waals surface area contributed by atoms with Crippen LogP contribution in [0, 0.1) is 13.8 Å². The van der Waals surface area contributed by atoms with Gasteiger partial charge in [-0.2, -0.15) is 4.98 Å². The molecule has 0 unspecified atom stereocenters. The number of ether oxygens (including phenoxy) is 1. The highest BCUT2D eigenvalue weighted by atomic mass is 79.9. The highest BCUT2D eigenvalue weighted by Crippen LogP contribution is 2.32. The normalized spacial score (nSPS) is 14.1. The number of rotatable bonds is 4. The quantitative estimate of drug-likeness (QED) is 0.729. The zero-order valence-corrected chi connectivity index (χ0v) is 14.9. The first-order valence-electron chi connectivity index (χ1n) is 7.74. The number of aryl methyl sites for hydroxylation is 2. The summed E-state index contributed by atoms with van der Waals surface area (Å²) in [4.78, 5) is 18.1. The average Bonchev–Trinajstić information content (AvgIpc) is 3.06. The number of nitrogens with zero attached hydrogens (tertiary/aromatic N) is 2. The van der Waals surface area contributed by atoms with Crippen LogP contribution in [0.4, 0.5) is 5.82 Å². The number of hydrogen-bond acceptors (Lipinski definition) is 4. The second-order valence-electron chi connectivity index (χ2n) is 5.84. The van der Waals surface area contributed by atoms with Crippen molar-refractivity contribution in [1.29, 1.82) is 0 Å².